The van der Waals surface area contributed by atoms with E-state index < -0.39 is 0 Å². The molecule has 0 bridgehead atoms. The molecule has 4 heteroatoms. The van der Waals surface area contributed by atoms with Crippen molar-refractivity contribution in [2.45, 2.75) is 77.4 Å². The summed E-state index contributed by atoms with van der Waals surface area (Å²) in [6.07, 6.45) is 9.52. The molecule has 2 aliphatic rings. The third kappa shape index (κ3) is 3.78. The molecule has 1 aromatic heterocycles. The van der Waals surface area contributed by atoms with Gasteiger partial charge in [-0.1, -0.05) is 13.3 Å². The standard InChI is InChI=1S/C17H29N3S/c1-4-13-5-9-15(10-6-13)20(3)17-19-12(2)16(21-17)11-18-14-7-8-14/h13-15,18H,4-11H2,1-3H3. The Hall–Kier alpha value is -0.610. The zero-order chi connectivity index (χ0) is 14.8. The number of hydrogen-bond donors (Lipinski definition) is 1. The summed E-state index contributed by atoms with van der Waals surface area (Å²) in [6.45, 7) is 5.49. The first-order valence-corrected chi connectivity index (χ1v) is 9.41. The van der Waals surface area contributed by atoms with Crippen LogP contribution >= 0.6 is 11.3 Å². The minimum absolute atomic E-state index is 0.697. The molecule has 0 saturated heterocycles. The van der Waals surface area contributed by atoms with Gasteiger partial charge in [0.15, 0.2) is 5.13 Å². The van der Waals surface area contributed by atoms with Crippen LogP contribution in [0.5, 0.6) is 0 Å². The van der Waals surface area contributed by atoms with E-state index in [0.29, 0.717) is 6.04 Å². The van der Waals surface area contributed by atoms with Crippen molar-refractivity contribution < 1.29 is 0 Å². The maximum absolute atomic E-state index is 4.83. The lowest BCUT2D eigenvalue weighted by atomic mass is 9.84. The lowest BCUT2D eigenvalue weighted by Crippen LogP contribution is -2.35. The van der Waals surface area contributed by atoms with Crippen LogP contribution in [-0.2, 0) is 6.54 Å². The third-order valence-electron chi connectivity index (χ3n) is 5.25. The smallest absolute Gasteiger partial charge is 0.185 e. The maximum Gasteiger partial charge on any atom is 0.185 e. The zero-order valence-electron chi connectivity index (χ0n) is 13.7. The topological polar surface area (TPSA) is 28.2 Å². The fraction of sp³-hybridized carbons (Fsp3) is 0.824. The van der Waals surface area contributed by atoms with Gasteiger partial charge in [0.1, 0.15) is 0 Å². The lowest BCUT2D eigenvalue weighted by molar-refractivity contribution is 0.313. The van der Waals surface area contributed by atoms with Gasteiger partial charge in [-0.25, -0.2) is 4.98 Å². The molecule has 0 radical (unpaired) electrons. The molecule has 1 heterocycles. The number of aryl methyl sites for hydroxylation is 1. The highest BCUT2D eigenvalue weighted by molar-refractivity contribution is 7.15. The van der Waals surface area contributed by atoms with Crippen molar-refractivity contribution in [2.24, 2.45) is 5.92 Å². The summed E-state index contributed by atoms with van der Waals surface area (Å²) in [5.74, 6) is 0.964. The Bertz CT molecular complexity index is 459. The fourth-order valence-corrected chi connectivity index (χ4v) is 4.39. The van der Waals surface area contributed by atoms with E-state index in [2.05, 4.69) is 31.1 Å². The number of nitrogens with zero attached hydrogens (tertiary/aromatic N) is 2. The maximum atomic E-state index is 4.83. The molecule has 0 spiro atoms. The monoisotopic (exact) mass is 307 g/mol. The van der Waals surface area contributed by atoms with E-state index in [4.69, 9.17) is 4.98 Å². The summed E-state index contributed by atoms with van der Waals surface area (Å²) >= 11 is 1.89. The van der Waals surface area contributed by atoms with E-state index in [1.54, 1.807) is 0 Å². The number of nitrogens with one attached hydrogen (secondary N) is 1. The second-order valence-corrected chi connectivity index (χ2v) is 7.92. The van der Waals surface area contributed by atoms with Crippen LogP contribution in [0.4, 0.5) is 5.13 Å². The van der Waals surface area contributed by atoms with E-state index in [-0.39, 0.29) is 0 Å². The molecular formula is C17H29N3S. The van der Waals surface area contributed by atoms with E-state index in [1.807, 2.05) is 11.3 Å². The zero-order valence-corrected chi connectivity index (χ0v) is 14.5. The van der Waals surface area contributed by atoms with Crippen LogP contribution in [0.25, 0.3) is 0 Å². The highest BCUT2D eigenvalue weighted by atomic mass is 32.1. The minimum Gasteiger partial charge on any atom is -0.348 e. The van der Waals surface area contributed by atoms with Gasteiger partial charge in [0.2, 0.25) is 0 Å². The average Bonchev–Trinajstić information content (AvgIpc) is 3.27. The Kier molecular flexibility index (Phi) is 4.85. The van der Waals surface area contributed by atoms with E-state index in [9.17, 15) is 0 Å². The lowest BCUT2D eigenvalue weighted by Gasteiger charge is -2.34. The summed E-state index contributed by atoms with van der Waals surface area (Å²) in [5, 5.41) is 4.83. The molecular weight excluding hydrogens is 278 g/mol. The molecule has 3 nitrogen and oxygen atoms in total. The highest BCUT2D eigenvalue weighted by Crippen LogP contribution is 2.34. The largest absolute Gasteiger partial charge is 0.348 e. The first kappa shape index (κ1) is 15.3. The van der Waals surface area contributed by atoms with Gasteiger partial charge in [0, 0.05) is 30.6 Å². The number of rotatable bonds is 6. The Labute approximate surface area is 133 Å². The molecule has 2 saturated carbocycles. The molecule has 21 heavy (non-hydrogen) atoms. The van der Waals surface area contributed by atoms with Gasteiger partial charge in [0.05, 0.1) is 5.69 Å². The Morgan fingerprint density at radius 3 is 2.52 bits per heavy atom. The molecule has 0 atom stereocenters. The Morgan fingerprint density at radius 2 is 1.90 bits per heavy atom. The molecule has 0 aliphatic heterocycles. The van der Waals surface area contributed by atoms with Gasteiger partial charge in [-0.3, -0.25) is 0 Å². The SMILES string of the molecule is CCC1CCC(N(C)c2nc(C)c(CNC3CC3)s2)CC1. The number of aromatic nitrogens is 1. The molecule has 0 aromatic carbocycles. The summed E-state index contributed by atoms with van der Waals surface area (Å²) in [4.78, 5) is 8.70. The molecule has 1 N–H and O–H groups in total. The van der Waals surface area contributed by atoms with Crippen LogP contribution in [0.3, 0.4) is 0 Å². The van der Waals surface area contributed by atoms with Gasteiger partial charge < -0.3 is 10.2 Å². The molecule has 2 aliphatic carbocycles. The first-order chi connectivity index (χ1) is 10.2. The van der Waals surface area contributed by atoms with Crippen LogP contribution < -0.4 is 10.2 Å². The second kappa shape index (κ2) is 6.66. The molecule has 3 rings (SSSR count). The van der Waals surface area contributed by atoms with Crippen LogP contribution in [0.1, 0.15) is 62.4 Å². The van der Waals surface area contributed by atoms with Crippen LogP contribution in [0.2, 0.25) is 0 Å². The average molecular weight is 308 g/mol. The van der Waals surface area contributed by atoms with Gasteiger partial charge in [-0.15, -0.1) is 11.3 Å². The van der Waals surface area contributed by atoms with Gasteiger partial charge >= 0.3 is 0 Å². The molecule has 1 aromatic rings. The number of anilines is 1. The third-order valence-corrected chi connectivity index (χ3v) is 6.50. The van der Waals surface area contributed by atoms with Crippen molar-refractivity contribution in [1.29, 1.82) is 0 Å². The summed E-state index contributed by atoms with van der Waals surface area (Å²) in [7, 11) is 2.24. The van der Waals surface area contributed by atoms with Crippen molar-refractivity contribution in [3.8, 4) is 0 Å². The predicted octanol–water partition coefficient (Wildman–Crippen LogP) is 4.11. The normalized spacial score (nSPS) is 26.0. The van der Waals surface area contributed by atoms with E-state index in [1.165, 1.54) is 60.6 Å². The van der Waals surface area contributed by atoms with Crippen molar-refractivity contribution in [2.75, 3.05) is 11.9 Å². The summed E-state index contributed by atoms with van der Waals surface area (Å²) < 4.78 is 0. The Morgan fingerprint density at radius 1 is 1.19 bits per heavy atom. The molecule has 118 valence electrons. The summed E-state index contributed by atoms with van der Waals surface area (Å²) in [6, 6.07) is 1.47. The van der Waals surface area contributed by atoms with Crippen molar-refractivity contribution >= 4 is 16.5 Å². The second-order valence-electron chi connectivity index (χ2n) is 6.85. The molecule has 2 fully saturated rings. The van der Waals surface area contributed by atoms with E-state index in [0.717, 1.165) is 18.5 Å². The van der Waals surface area contributed by atoms with Crippen molar-refractivity contribution in [3.05, 3.63) is 10.6 Å². The van der Waals surface area contributed by atoms with Gasteiger partial charge in [0.25, 0.3) is 0 Å². The highest BCUT2D eigenvalue weighted by Gasteiger charge is 2.26. The quantitative estimate of drug-likeness (QED) is 0.857. The number of thiazole rings is 1. The van der Waals surface area contributed by atoms with Crippen molar-refractivity contribution in [1.82, 2.24) is 10.3 Å². The van der Waals surface area contributed by atoms with Crippen molar-refractivity contribution in [3.63, 3.8) is 0 Å². The van der Waals surface area contributed by atoms with Gasteiger partial charge in [-0.2, -0.15) is 0 Å². The van der Waals surface area contributed by atoms with Crippen LogP contribution in [0.15, 0.2) is 0 Å². The minimum atomic E-state index is 0.697. The summed E-state index contributed by atoms with van der Waals surface area (Å²) in [5.41, 5.74) is 1.22. The van der Waals surface area contributed by atoms with Crippen LogP contribution in [-0.4, -0.2) is 24.1 Å². The molecule has 0 unspecified atom stereocenters. The first-order valence-electron chi connectivity index (χ1n) is 8.60. The fourth-order valence-electron chi connectivity index (χ4n) is 3.35. The predicted molar refractivity (Wildman–Crippen MR) is 91.2 cm³/mol. The van der Waals surface area contributed by atoms with Crippen LogP contribution in [0, 0.1) is 12.8 Å². The van der Waals surface area contributed by atoms with Gasteiger partial charge in [-0.05, 0) is 51.4 Å². The number of hydrogen-bond acceptors (Lipinski definition) is 4. The Balaban J connectivity index is 1.58. The molecule has 0 amide bonds. The van der Waals surface area contributed by atoms with E-state index >= 15 is 0 Å².